The van der Waals surface area contributed by atoms with Crippen molar-refractivity contribution in [1.29, 1.82) is 0 Å². The molecule has 2 N–H and O–H groups in total. The van der Waals surface area contributed by atoms with Crippen LogP contribution in [0.25, 0.3) is 0 Å². The molecule has 9 nitrogen and oxygen atoms in total. The lowest BCUT2D eigenvalue weighted by Crippen LogP contribution is -2.32. The summed E-state index contributed by atoms with van der Waals surface area (Å²) in [6.45, 7) is 4.32. The molecule has 4 rings (SSSR count). The molecule has 0 aromatic heterocycles. The molecule has 0 saturated carbocycles. The van der Waals surface area contributed by atoms with Crippen LogP contribution in [-0.2, 0) is 9.59 Å². The molecular weight excluding hydrogens is 522 g/mol. The number of aryl methyl sites for hydroxylation is 1. The summed E-state index contributed by atoms with van der Waals surface area (Å²) in [5, 5.41) is 5.55. The summed E-state index contributed by atoms with van der Waals surface area (Å²) in [6, 6.07) is 16.9. The standard InChI is InChI=1S/C29H28ClN3O6/c1-5-14-39-23-9-7-6-8-20(23)32-27(34)18-11-10-17(2)21(15-18)31-26-25(30)28(35)33(29(26)36)22-13-12-19(37-3)16-24(22)38-4/h6-13,15-16,31H,5,14H2,1-4H3,(H,32,34). The molecule has 3 aromatic carbocycles. The van der Waals surface area contributed by atoms with Gasteiger partial charge in [-0.2, -0.15) is 0 Å². The summed E-state index contributed by atoms with van der Waals surface area (Å²) in [5.74, 6) is -0.409. The number of halogens is 1. The average molecular weight is 550 g/mol. The van der Waals surface area contributed by atoms with Gasteiger partial charge in [0, 0.05) is 17.3 Å². The van der Waals surface area contributed by atoms with Crippen molar-refractivity contribution < 1.29 is 28.6 Å². The number of hydrogen-bond acceptors (Lipinski definition) is 7. The minimum atomic E-state index is -0.706. The average Bonchev–Trinajstić information content (AvgIpc) is 3.15. The fraction of sp³-hybridized carbons (Fsp3) is 0.207. The summed E-state index contributed by atoms with van der Waals surface area (Å²) in [7, 11) is 2.92. The molecule has 10 heteroatoms. The van der Waals surface area contributed by atoms with E-state index in [-0.39, 0.29) is 28.1 Å². The molecule has 202 valence electrons. The Morgan fingerprint density at radius 2 is 1.69 bits per heavy atom. The molecule has 0 radical (unpaired) electrons. The first-order valence-electron chi connectivity index (χ1n) is 12.2. The van der Waals surface area contributed by atoms with Crippen molar-refractivity contribution in [2.75, 3.05) is 36.4 Å². The van der Waals surface area contributed by atoms with Crippen molar-refractivity contribution in [2.45, 2.75) is 20.3 Å². The summed E-state index contributed by atoms with van der Waals surface area (Å²) in [4.78, 5) is 40.4. The second-order valence-electron chi connectivity index (χ2n) is 8.63. The van der Waals surface area contributed by atoms with E-state index in [0.717, 1.165) is 16.9 Å². The zero-order valence-electron chi connectivity index (χ0n) is 22.0. The Kier molecular flexibility index (Phi) is 8.41. The van der Waals surface area contributed by atoms with Crippen molar-refractivity contribution >= 4 is 46.4 Å². The highest BCUT2D eigenvalue weighted by atomic mass is 35.5. The first kappa shape index (κ1) is 27.5. The Labute approximate surface area is 231 Å². The first-order valence-corrected chi connectivity index (χ1v) is 12.6. The van der Waals surface area contributed by atoms with Crippen LogP contribution in [0.1, 0.15) is 29.3 Å². The number of carbonyl (C=O) groups excluding carboxylic acids is 3. The lowest BCUT2D eigenvalue weighted by Gasteiger charge is -2.19. The van der Waals surface area contributed by atoms with Crippen molar-refractivity contribution in [3.8, 4) is 17.2 Å². The van der Waals surface area contributed by atoms with Crippen LogP contribution in [0, 0.1) is 6.92 Å². The summed E-state index contributed by atoms with van der Waals surface area (Å²) >= 11 is 6.34. The Morgan fingerprint density at radius 3 is 2.41 bits per heavy atom. The maximum absolute atomic E-state index is 13.4. The number of benzene rings is 3. The number of amides is 3. The topological polar surface area (TPSA) is 106 Å². The molecule has 0 saturated heterocycles. The van der Waals surface area contributed by atoms with Gasteiger partial charge in [0.25, 0.3) is 17.7 Å². The van der Waals surface area contributed by atoms with Gasteiger partial charge in [-0.3, -0.25) is 14.4 Å². The van der Waals surface area contributed by atoms with Crippen LogP contribution in [0.15, 0.2) is 71.4 Å². The van der Waals surface area contributed by atoms with Gasteiger partial charge in [0.05, 0.1) is 32.2 Å². The van der Waals surface area contributed by atoms with Gasteiger partial charge in [-0.15, -0.1) is 0 Å². The number of carbonyl (C=O) groups is 3. The maximum atomic E-state index is 13.4. The molecule has 0 fully saturated rings. The third-order valence-electron chi connectivity index (χ3n) is 6.01. The van der Waals surface area contributed by atoms with E-state index in [0.29, 0.717) is 35.0 Å². The monoisotopic (exact) mass is 549 g/mol. The second kappa shape index (κ2) is 11.9. The third kappa shape index (κ3) is 5.68. The van der Waals surface area contributed by atoms with E-state index < -0.39 is 11.8 Å². The molecule has 1 aliphatic heterocycles. The molecule has 1 aliphatic rings. The van der Waals surface area contributed by atoms with E-state index in [1.807, 2.05) is 13.0 Å². The van der Waals surface area contributed by atoms with E-state index in [9.17, 15) is 14.4 Å². The SMILES string of the molecule is CCCOc1ccccc1NC(=O)c1ccc(C)c(NC2=C(Cl)C(=O)N(c3ccc(OC)cc3OC)C2=O)c1. The van der Waals surface area contributed by atoms with Crippen LogP contribution in [0.5, 0.6) is 17.2 Å². The fourth-order valence-electron chi connectivity index (χ4n) is 3.93. The lowest BCUT2D eigenvalue weighted by molar-refractivity contribution is -0.120. The molecule has 0 spiro atoms. The largest absolute Gasteiger partial charge is 0.497 e. The van der Waals surface area contributed by atoms with Crippen molar-refractivity contribution in [3.63, 3.8) is 0 Å². The minimum Gasteiger partial charge on any atom is -0.497 e. The maximum Gasteiger partial charge on any atom is 0.283 e. The Hall–Kier alpha value is -4.50. The molecule has 0 aliphatic carbocycles. The summed E-state index contributed by atoms with van der Waals surface area (Å²) < 4.78 is 16.3. The highest BCUT2D eigenvalue weighted by Gasteiger charge is 2.40. The molecule has 3 aromatic rings. The lowest BCUT2D eigenvalue weighted by atomic mass is 10.1. The molecule has 39 heavy (non-hydrogen) atoms. The van der Waals surface area contributed by atoms with E-state index in [1.54, 1.807) is 61.5 Å². The predicted octanol–water partition coefficient (Wildman–Crippen LogP) is 5.49. The van der Waals surface area contributed by atoms with Crippen LogP contribution >= 0.6 is 11.6 Å². The molecule has 0 unspecified atom stereocenters. The minimum absolute atomic E-state index is 0.112. The Bertz CT molecular complexity index is 1470. The zero-order valence-corrected chi connectivity index (χ0v) is 22.7. The van der Waals surface area contributed by atoms with Crippen molar-refractivity contribution in [2.24, 2.45) is 0 Å². The Morgan fingerprint density at radius 1 is 0.923 bits per heavy atom. The smallest absolute Gasteiger partial charge is 0.283 e. The van der Waals surface area contributed by atoms with Crippen LogP contribution in [0.3, 0.4) is 0 Å². The Balaban J connectivity index is 1.58. The van der Waals surface area contributed by atoms with Crippen LogP contribution in [0.2, 0.25) is 0 Å². The highest BCUT2D eigenvalue weighted by Crippen LogP contribution is 2.38. The molecule has 3 amide bonds. The number of rotatable bonds is 10. The van der Waals surface area contributed by atoms with Gasteiger partial charge in [-0.1, -0.05) is 36.7 Å². The number of nitrogens with one attached hydrogen (secondary N) is 2. The van der Waals surface area contributed by atoms with E-state index >= 15 is 0 Å². The van der Waals surface area contributed by atoms with E-state index in [2.05, 4.69) is 10.6 Å². The molecule has 0 atom stereocenters. The van der Waals surface area contributed by atoms with Gasteiger partial charge in [0.15, 0.2) is 0 Å². The molecule has 0 bridgehead atoms. The van der Waals surface area contributed by atoms with Gasteiger partial charge in [-0.25, -0.2) is 4.90 Å². The number of ether oxygens (including phenoxy) is 3. The van der Waals surface area contributed by atoms with Gasteiger partial charge >= 0.3 is 0 Å². The number of methoxy groups -OCH3 is 2. The number of nitrogens with zero attached hydrogens (tertiary/aromatic N) is 1. The van der Waals surface area contributed by atoms with Gasteiger partial charge < -0.3 is 24.8 Å². The fourth-order valence-corrected chi connectivity index (χ4v) is 4.15. The third-order valence-corrected chi connectivity index (χ3v) is 6.36. The highest BCUT2D eigenvalue weighted by molar-refractivity contribution is 6.53. The van der Waals surface area contributed by atoms with Crippen LogP contribution in [0.4, 0.5) is 17.1 Å². The first-order chi connectivity index (χ1) is 18.8. The summed E-state index contributed by atoms with van der Waals surface area (Å²) in [6.07, 6.45) is 0.831. The summed E-state index contributed by atoms with van der Waals surface area (Å²) in [5.41, 5.74) is 2.15. The predicted molar refractivity (Wildman–Crippen MR) is 150 cm³/mol. The number of anilines is 3. The molecule has 1 heterocycles. The van der Waals surface area contributed by atoms with Gasteiger partial charge in [-0.05, 0) is 55.3 Å². The van der Waals surface area contributed by atoms with E-state index in [4.69, 9.17) is 25.8 Å². The quantitative estimate of drug-likeness (QED) is 0.322. The number of para-hydroxylation sites is 2. The van der Waals surface area contributed by atoms with Crippen molar-refractivity contribution in [1.82, 2.24) is 0 Å². The van der Waals surface area contributed by atoms with Crippen molar-refractivity contribution in [3.05, 3.63) is 82.5 Å². The zero-order chi connectivity index (χ0) is 28.1. The van der Waals surface area contributed by atoms with Crippen LogP contribution < -0.4 is 29.7 Å². The normalized spacial score (nSPS) is 13.0. The van der Waals surface area contributed by atoms with E-state index in [1.165, 1.54) is 14.2 Å². The van der Waals surface area contributed by atoms with Gasteiger partial charge in [0.2, 0.25) is 0 Å². The number of hydrogen-bond donors (Lipinski definition) is 2. The number of imide groups is 1. The molecular formula is C29H28ClN3O6. The van der Waals surface area contributed by atoms with Crippen LogP contribution in [-0.4, -0.2) is 38.5 Å². The second-order valence-corrected chi connectivity index (χ2v) is 9.00. The van der Waals surface area contributed by atoms with Gasteiger partial charge in [0.1, 0.15) is 28.0 Å².